The number of carbonyl (C=O) groups excluding carboxylic acids is 1. The average molecular weight is 445 g/mol. The first-order chi connectivity index (χ1) is 15.9. The van der Waals surface area contributed by atoms with Crippen molar-refractivity contribution in [2.75, 3.05) is 5.32 Å². The Bertz CT molecular complexity index is 1150. The number of hydrogen-bond acceptors (Lipinski definition) is 1. The molecule has 4 aromatic rings. The SMILES string of the molecule is O=C(Nc1cccc(C(F)(F)F)c1)C(c1ccccc1)C(c1ccccc1)c1ccccc1. The van der Waals surface area contributed by atoms with Gasteiger partial charge in [-0.2, -0.15) is 13.2 Å². The fourth-order valence-corrected chi connectivity index (χ4v) is 4.05. The third-order valence-corrected chi connectivity index (χ3v) is 5.55. The van der Waals surface area contributed by atoms with Crippen molar-refractivity contribution in [2.24, 2.45) is 0 Å². The maximum absolute atomic E-state index is 13.7. The molecule has 166 valence electrons. The quantitative estimate of drug-likeness (QED) is 0.332. The Hall–Kier alpha value is -3.86. The van der Waals surface area contributed by atoms with Crippen molar-refractivity contribution < 1.29 is 18.0 Å². The third-order valence-electron chi connectivity index (χ3n) is 5.55. The van der Waals surface area contributed by atoms with E-state index in [2.05, 4.69) is 5.32 Å². The molecule has 0 bridgehead atoms. The minimum atomic E-state index is -4.49. The Morgan fingerprint density at radius 2 is 1.12 bits per heavy atom. The summed E-state index contributed by atoms with van der Waals surface area (Å²) >= 11 is 0. The highest BCUT2D eigenvalue weighted by Gasteiger charge is 2.34. The molecule has 33 heavy (non-hydrogen) atoms. The molecule has 0 heterocycles. The molecule has 0 aromatic heterocycles. The molecule has 2 nitrogen and oxygen atoms in total. The molecule has 0 aliphatic carbocycles. The molecule has 0 aliphatic rings. The number of anilines is 1. The Labute approximate surface area is 190 Å². The zero-order valence-electron chi connectivity index (χ0n) is 17.7. The molecule has 0 aliphatic heterocycles. The molecule has 1 N–H and O–H groups in total. The van der Waals surface area contributed by atoms with E-state index in [4.69, 9.17) is 0 Å². The summed E-state index contributed by atoms with van der Waals surface area (Å²) in [6, 6.07) is 33.4. The minimum absolute atomic E-state index is 0.107. The van der Waals surface area contributed by atoms with Crippen LogP contribution in [0.5, 0.6) is 0 Å². The van der Waals surface area contributed by atoms with Crippen molar-refractivity contribution in [2.45, 2.75) is 18.0 Å². The Balaban J connectivity index is 1.79. The summed E-state index contributed by atoms with van der Waals surface area (Å²) in [5, 5.41) is 2.73. The van der Waals surface area contributed by atoms with Gasteiger partial charge in [0.25, 0.3) is 0 Å². The smallest absolute Gasteiger partial charge is 0.326 e. The van der Waals surface area contributed by atoms with Crippen LogP contribution in [0, 0.1) is 0 Å². The largest absolute Gasteiger partial charge is 0.416 e. The predicted molar refractivity (Wildman–Crippen MR) is 124 cm³/mol. The lowest BCUT2D eigenvalue weighted by Crippen LogP contribution is -2.27. The van der Waals surface area contributed by atoms with Gasteiger partial charge in [-0.15, -0.1) is 0 Å². The first kappa shape index (κ1) is 22.3. The molecule has 0 radical (unpaired) electrons. The Morgan fingerprint density at radius 1 is 0.636 bits per heavy atom. The van der Waals surface area contributed by atoms with Gasteiger partial charge >= 0.3 is 6.18 Å². The second-order valence-corrected chi connectivity index (χ2v) is 7.76. The first-order valence-electron chi connectivity index (χ1n) is 10.6. The Morgan fingerprint density at radius 3 is 1.61 bits per heavy atom. The van der Waals surface area contributed by atoms with Gasteiger partial charge in [-0.3, -0.25) is 4.79 Å². The molecule has 0 saturated heterocycles. The maximum Gasteiger partial charge on any atom is 0.416 e. The summed E-state index contributed by atoms with van der Waals surface area (Å²) in [6.45, 7) is 0. The number of nitrogens with one attached hydrogen (secondary N) is 1. The zero-order valence-corrected chi connectivity index (χ0v) is 17.7. The van der Waals surface area contributed by atoms with Gasteiger partial charge in [0, 0.05) is 11.6 Å². The highest BCUT2D eigenvalue weighted by atomic mass is 19.4. The van der Waals surface area contributed by atoms with Gasteiger partial charge in [0.15, 0.2) is 0 Å². The van der Waals surface area contributed by atoms with Gasteiger partial charge in [-0.25, -0.2) is 0 Å². The highest BCUT2D eigenvalue weighted by molar-refractivity contribution is 5.97. The van der Waals surface area contributed by atoms with Crippen molar-refractivity contribution in [3.05, 3.63) is 138 Å². The van der Waals surface area contributed by atoms with Crippen LogP contribution in [0.25, 0.3) is 0 Å². The summed E-state index contributed by atoms with van der Waals surface area (Å²) in [6.07, 6.45) is -4.49. The summed E-state index contributed by atoms with van der Waals surface area (Å²) < 4.78 is 39.6. The molecule has 4 rings (SSSR count). The maximum atomic E-state index is 13.7. The van der Waals surface area contributed by atoms with Crippen LogP contribution in [0.2, 0.25) is 0 Å². The standard InChI is InChI=1S/C28H22F3NO/c29-28(30,31)23-17-10-18-24(19-23)32-27(33)26(22-15-8-3-9-16-22)25(20-11-4-1-5-12-20)21-13-6-2-7-14-21/h1-19,25-26H,(H,32,33). The molecule has 1 atom stereocenters. The van der Waals surface area contributed by atoms with E-state index in [9.17, 15) is 18.0 Å². The van der Waals surface area contributed by atoms with Gasteiger partial charge in [-0.05, 0) is 34.9 Å². The van der Waals surface area contributed by atoms with E-state index >= 15 is 0 Å². The van der Waals surface area contributed by atoms with E-state index in [-0.39, 0.29) is 17.5 Å². The van der Waals surface area contributed by atoms with Gasteiger partial charge in [0.1, 0.15) is 0 Å². The van der Waals surface area contributed by atoms with E-state index in [1.807, 2.05) is 91.0 Å². The molecule has 1 unspecified atom stereocenters. The molecule has 0 saturated carbocycles. The van der Waals surface area contributed by atoms with Crippen LogP contribution in [0.4, 0.5) is 18.9 Å². The zero-order chi connectivity index (χ0) is 23.3. The Kier molecular flexibility index (Phi) is 6.59. The minimum Gasteiger partial charge on any atom is -0.326 e. The number of halogens is 3. The molecular formula is C28H22F3NO. The lowest BCUT2D eigenvalue weighted by molar-refractivity contribution is -0.137. The van der Waals surface area contributed by atoms with E-state index < -0.39 is 17.7 Å². The number of carbonyl (C=O) groups is 1. The molecule has 1 amide bonds. The number of benzene rings is 4. The van der Waals surface area contributed by atoms with E-state index in [1.54, 1.807) is 0 Å². The molecule has 5 heteroatoms. The summed E-state index contributed by atoms with van der Waals surface area (Å²) in [5.74, 6) is -1.37. The summed E-state index contributed by atoms with van der Waals surface area (Å²) in [4.78, 5) is 13.7. The van der Waals surface area contributed by atoms with Crippen LogP contribution in [0.3, 0.4) is 0 Å². The molecule has 0 fully saturated rings. The monoisotopic (exact) mass is 445 g/mol. The van der Waals surface area contributed by atoms with Crippen molar-refractivity contribution in [1.82, 2.24) is 0 Å². The molecule has 4 aromatic carbocycles. The molecular weight excluding hydrogens is 423 g/mol. The van der Waals surface area contributed by atoms with E-state index in [0.717, 1.165) is 28.8 Å². The van der Waals surface area contributed by atoms with Crippen LogP contribution >= 0.6 is 0 Å². The second-order valence-electron chi connectivity index (χ2n) is 7.76. The number of rotatable bonds is 6. The van der Waals surface area contributed by atoms with Gasteiger partial charge in [0.05, 0.1) is 11.5 Å². The average Bonchev–Trinajstić information content (AvgIpc) is 2.83. The third kappa shape index (κ3) is 5.32. The van der Waals surface area contributed by atoms with Gasteiger partial charge in [-0.1, -0.05) is 97.1 Å². The lowest BCUT2D eigenvalue weighted by Gasteiger charge is -2.28. The van der Waals surface area contributed by atoms with Crippen LogP contribution < -0.4 is 5.32 Å². The molecule has 0 spiro atoms. The predicted octanol–water partition coefficient (Wildman–Crippen LogP) is 7.26. The normalized spacial score (nSPS) is 12.4. The number of alkyl halides is 3. The second kappa shape index (κ2) is 9.74. The lowest BCUT2D eigenvalue weighted by atomic mass is 9.76. The van der Waals surface area contributed by atoms with Crippen molar-refractivity contribution in [1.29, 1.82) is 0 Å². The van der Waals surface area contributed by atoms with Gasteiger partial charge in [0.2, 0.25) is 5.91 Å². The van der Waals surface area contributed by atoms with E-state index in [0.29, 0.717) is 0 Å². The topological polar surface area (TPSA) is 29.1 Å². The fraction of sp³-hybridized carbons (Fsp3) is 0.107. The van der Waals surface area contributed by atoms with Crippen molar-refractivity contribution >= 4 is 11.6 Å². The summed E-state index contributed by atoms with van der Waals surface area (Å²) in [5.41, 5.74) is 1.96. The highest BCUT2D eigenvalue weighted by Crippen LogP contribution is 2.39. The van der Waals surface area contributed by atoms with Crippen molar-refractivity contribution in [3.8, 4) is 0 Å². The number of amides is 1. The van der Waals surface area contributed by atoms with Crippen LogP contribution in [0.1, 0.15) is 34.1 Å². The number of hydrogen-bond donors (Lipinski definition) is 1. The fourth-order valence-electron chi connectivity index (χ4n) is 4.05. The van der Waals surface area contributed by atoms with Crippen LogP contribution in [-0.2, 0) is 11.0 Å². The van der Waals surface area contributed by atoms with Crippen LogP contribution in [0.15, 0.2) is 115 Å². The van der Waals surface area contributed by atoms with Crippen molar-refractivity contribution in [3.63, 3.8) is 0 Å². The van der Waals surface area contributed by atoms with Gasteiger partial charge < -0.3 is 5.32 Å². The summed E-state index contributed by atoms with van der Waals surface area (Å²) in [7, 11) is 0. The van der Waals surface area contributed by atoms with Crippen LogP contribution in [-0.4, -0.2) is 5.91 Å². The van der Waals surface area contributed by atoms with E-state index in [1.165, 1.54) is 12.1 Å². The first-order valence-corrected chi connectivity index (χ1v) is 10.6.